The van der Waals surface area contributed by atoms with Crippen molar-refractivity contribution in [3.63, 3.8) is 0 Å². The zero-order valence-electron chi connectivity index (χ0n) is 17.1. The number of Topliss-reactive ketones (excluding diaryl/α,β-unsaturated/α-hetero) is 1. The van der Waals surface area contributed by atoms with Crippen LogP contribution < -0.4 is 5.32 Å². The van der Waals surface area contributed by atoms with Crippen LogP contribution in [0, 0.1) is 18.8 Å². The van der Waals surface area contributed by atoms with Gasteiger partial charge >= 0.3 is 0 Å². The predicted molar refractivity (Wildman–Crippen MR) is 107 cm³/mol. The first-order valence-electron chi connectivity index (χ1n) is 8.92. The number of amides is 2. The molecule has 0 bridgehead atoms. The van der Waals surface area contributed by atoms with E-state index in [1.54, 1.807) is 35.1 Å². The summed E-state index contributed by atoms with van der Waals surface area (Å²) in [6.07, 6.45) is 1.69. The van der Waals surface area contributed by atoms with E-state index in [1.807, 2.05) is 14.0 Å². The predicted octanol–water partition coefficient (Wildman–Crippen LogP) is 0.266. The van der Waals surface area contributed by atoms with Crippen molar-refractivity contribution in [3.05, 3.63) is 52.8 Å². The van der Waals surface area contributed by atoms with Crippen LogP contribution in [-0.4, -0.2) is 63.6 Å². The fourth-order valence-corrected chi connectivity index (χ4v) is 2.72. The molecule has 0 aliphatic carbocycles. The molecule has 0 spiro atoms. The molecule has 0 unspecified atom stereocenters. The van der Waals surface area contributed by atoms with E-state index in [1.165, 1.54) is 21.0 Å². The quantitative estimate of drug-likeness (QED) is 0.558. The molecular weight excluding hydrogens is 372 g/mol. The minimum atomic E-state index is -1.82. The molecule has 8 heteroatoms. The van der Waals surface area contributed by atoms with Gasteiger partial charge in [-0.2, -0.15) is 5.10 Å². The van der Waals surface area contributed by atoms with Crippen LogP contribution in [0.25, 0.3) is 0 Å². The summed E-state index contributed by atoms with van der Waals surface area (Å²) in [5, 5.41) is 15.7. The van der Waals surface area contributed by atoms with Crippen molar-refractivity contribution >= 4 is 17.6 Å². The third-order valence-corrected chi connectivity index (χ3v) is 5.04. The lowest BCUT2D eigenvalue weighted by atomic mass is 9.92. The molecule has 152 valence electrons. The molecule has 0 aliphatic rings. The molecule has 0 fully saturated rings. The van der Waals surface area contributed by atoms with E-state index in [2.05, 4.69) is 22.3 Å². The summed E-state index contributed by atoms with van der Waals surface area (Å²) >= 11 is 0. The number of nitrogens with one attached hydrogen (secondary N) is 1. The molecule has 8 nitrogen and oxygen atoms in total. The maximum absolute atomic E-state index is 12.8. The highest BCUT2D eigenvalue weighted by atomic mass is 16.3. The Hall–Kier alpha value is -3.44. The number of carbonyl (C=O) groups excluding carboxylic acids is 3. The van der Waals surface area contributed by atoms with Crippen LogP contribution in [0.1, 0.15) is 34.1 Å². The highest BCUT2D eigenvalue weighted by Crippen LogP contribution is 2.19. The second-order valence-corrected chi connectivity index (χ2v) is 6.69. The molecule has 0 saturated carbocycles. The fourth-order valence-electron chi connectivity index (χ4n) is 2.72. The summed E-state index contributed by atoms with van der Waals surface area (Å²) in [6.45, 7) is 2.37. The van der Waals surface area contributed by atoms with Crippen LogP contribution in [0.5, 0.6) is 0 Å². The van der Waals surface area contributed by atoms with Crippen molar-refractivity contribution in [2.24, 2.45) is 7.05 Å². The number of carbonyl (C=O) groups is 3. The number of aliphatic hydroxyl groups excluding tert-OH is 1. The number of aromatic nitrogens is 2. The normalized spacial score (nSPS) is 12.3. The minimum absolute atomic E-state index is 0.288. The molecule has 0 aliphatic heterocycles. The standard InChI is InChI=1S/C21H24N4O4/c1-14-17(12-23-25(14)5)11-8-15-6-9-16(10-7-15)19(28)24(4)21(2,18(27)13-26)20(29)22-3/h6-7,9-10,12,26H,13H2,1-5H3,(H,22,29)/t21-/m1/s1. The molecule has 1 aromatic carbocycles. The lowest BCUT2D eigenvalue weighted by Crippen LogP contribution is -2.62. The molecule has 29 heavy (non-hydrogen) atoms. The third kappa shape index (κ3) is 4.20. The van der Waals surface area contributed by atoms with E-state index >= 15 is 0 Å². The number of nitrogens with zero attached hydrogens (tertiary/aromatic N) is 3. The molecule has 1 heterocycles. The first-order chi connectivity index (χ1) is 13.7. The van der Waals surface area contributed by atoms with Gasteiger partial charge < -0.3 is 15.3 Å². The van der Waals surface area contributed by atoms with E-state index in [4.69, 9.17) is 0 Å². The van der Waals surface area contributed by atoms with Crippen LogP contribution in [0.3, 0.4) is 0 Å². The Balaban J connectivity index is 2.27. The lowest BCUT2D eigenvalue weighted by molar-refractivity contribution is -0.143. The third-order valence-electron chi connectivity index (χ3n) is 5.04. The van der Waals surface area contributed by atoms with E-state index in [0.29, 0.717) is 5.56 Å². The van der Waals surface area contributed by atoms with Gasteiger partial charge in [-0.05, 0) is 38.1 Å². The van der Waals surface area contributed by atoms with Crippen molar-refractivity contribution in [2.75, 3.05) is 20.7 Å². The van der Waals surface area contributed by atoms with Crippen molar-refractivity contribution in [2.45, 2.75) is 19.4 Å². The molecule has 2 rings (SSSR count). The summed E-state index contributed by atoms with van der Waals surface area (Å²) in [5.74, 6) is 4.07. The van der Waals surface area contributed by atoms with Gasteiger partial charge in [0.25, 0.3) is 11.8 Å². The topological polar surface area (TPSA) is 105 Å². The first-order valence-corrected chi connectivity index (χ1v) is 8.92. The number of benzene rings is 1. The Morgan fingerprint density at radius 3 is 2.34 bits per heavy atom. The Kier molecular flexibility index (Phi) is 6.56. The largest absolute Gasteiger partial charge is 0.388 e. The van der Waals surface area contributed by atoms with Crippen LogP contribution in [-0.2, 0) is 16.6 Å². The highest BCUT2D eigenvalue weighted by molar-refractivity contribution is 6.14. The second-order valence-electron chi connectivity index (χ2n) is 6.69. The van der Waals surface area contributed by atoms with Crippen LogP contribution >= 0.6 is 0 Å². The monoisotopic (exact) mass is 396 g/mol. The second kappa shape index (κ2) is 8.71. The summed E-state index contributed by atoms with van der Waals surface area (Å²) in [7, 11) is 4.55. The molecule has 0 radical (unpaired) electrons. The summed E-state index contributed by atoms with van der Waals surface area (Å²) in [5.41, 5.74) is 0.935. The molecule has 0 saturated heterocycles. The number of hydrogen-bond donors (Lipinski definition) is 2. The van der Waals surface area contributed by atoms with Gasteiger partial charge in [-0.25, -0.2) is 0 Å². The molecule has 2 aromatic rings. The molecule has 1 atom stereocenters. The van der Waals surface area contributed by atoms with E-state index in [0.717, 1.165) is 16.2 Å². The number of likely N-dealkylation sites (N-methyl/N-ethyl adjacent to an activating group) is 2. The molecular formula is C21H24N4O4. The number of ketones is 1. The first kappa shape index (κ1) is 21.9. The zero-order valence-corrected chi connectivity index (χ0v) is 17.1. The van der Waals surface area contributed by atoms with E-state index in [-0.39, 0.29) is 5.56 Å². The van der Waals surface area contributed by atoms with Crippen LogP contribution in [0.4, 0.5) is 0 Å². The smallest absolute Gasteiger partial charge is 0.254 e. The lowest BCUT2D eigenvalue weighted by Gasteiger charge is -2.35. The Morgan fingerprint density at radius 1 is 1.24 bits per heavy atom. The van der Waals surface area contributed by atoms with Gasteiger partial charge in [-0.15, -0.1) is 0 Å². The van der Waals surface area contributed by atoms with Crippen molar-refractivity contribution in [3.8, 4) is 11.8 Å². The van der Waals surface area contributed by atoms with Gasteiger partial charge in [0.05, 0.1) is 17.5 Å². The average Bonchev–Trinajstić information content (AvgIpc) is 3.07. The zero-order chi connectivity index (χ0) is 21.8. The fraction of sp³-hybridized carbons (Fsp3) is 0.333. The van der Waals surface area contributed by atoms with E-state index < -0.39 is 29.7 Å². The SMILES string of the molecule is CNC(=O)[C@@](C)(C(=O)CO)N(C)C(=O)c1ccc(C#Cc2cnn(C)c2C)cc1. The number of aliphatic hydroxyl groups is 1. The Bertz CT molecular complexity index is 980. The number of rotatable bonds is 5. The Morgan fingerprint density at radius 2 is 1.86 bits per heavy atom. The van der Waals surface area contributed by atoms with Gasteiger partial charge in [-0.3, -0.25) is 19.1 Å². The van der Waals surface area contributed by atoms with Crippen molar-refractivity contribution in [1.29, 1.82) is 0 Å². The molecule has 2 N–H and O–H groups in total. The maximum Gasteiger partial charge on any atom is 0.254 e. The minimum Gasteiger partial charge on any atom is -0.388 e. The van der Waals surface area contributed by atoms with Crippen LogP contribution in [0.15, 0.2) is 30.5 Å². The average molecular weight is 396 g/mol. The molecule has 1 aromatic heterocycles. The number of hydrogen-bond acceptors (Lipinski definition) is 5. The van der Waals surface area contributed by atoms with Gasteiger partial charge in [0.15, 0.2) is 11.3 Å². The van der Waals surface area contributed by atoms with Crippen molar-refractivity contribution in [1.82, 2.24) is 20.0 Å². The van der Waals surface area contributed by atoms with Gasteiger partial charge in [0, 0.05) is 32.3 Å². The maximum atomic E-state index is 12.8. The number of aryl methyl sites for hydroxylation is 1. The van der Waals surface area contributed by atoms with E-state index in [9.17, 15) is 19.5 Å². The van der Waals surface area contributed by atoms with Crippen LogP contribution in [0.2, 0.25) is 0 Å². The van der Waals surface area contributed by atoms with Gasteiger partial charge in [0.2, 0.25) is 0 Å². The highest BCUT2D eigenvalue weighted by Gasteiger charge is 2.46. The van der Waals surface area contributed by atoms with Gasteiger partial charge in [-0.1, -0.05) is 11.8 Å². The van der Waals surface area contributed by atoms with Crippen molar-refractivity contribution < 1.29 is 19.5 Å². The summed E-state index contributed by atoms with van der Waals surface area (Å²) in [4.78, 5) is 38.3. The molecule has 2 amide bonds. The Labute approximate surface area is 169 Å². The summed E-state index contributed by atoms with van der Waals surface area (Å²) < 4.78 is 1.73. The van der Waals surface area contributed by atoms with Gasteiger partial charge in [0.1, 0.15) is 6.61 Å². The summed E-state index contributed by atoms with van der Waals surface area (Å²) in [6, 6.07) is 6.52.